The first-order valence-corrected chi connectivity index (χ1v) is 8.84. The Labute approximate surface area is 154 Å². The van der Waals surface area contributed by atoms with E-state index in [4.69, 9.17) is 5.73 Å². The van der Waals surface area contributed by atoms with Gasteiger partial charge in [-0.25, -0.2) is 0 Å². The number of benzene rings is 4. The van der Waals surface area contributed by atoms with Crippen LogP contribution in [-0.2, 0) is 0 Å². The van der Waals surface area contributed by atoms with Crippen LogP contribution in [0.4, 0.5) is 5.69 Å². The van der Waals surface area contributed by atoms with Crippen LogP contribution in [0.1, 0.15) is 5.56 Å². The molecule has 0 aliphatic rings. The van der Waals surface area contributed by atoms with Gasteiger partial charge in [0.2, 0.25) is 0 Å². The Kier molecular flexibility index (Phi) is 4.28. The van der Waals surface area contributed by atoms with Crippen molar-refractivity contribution >= 4 is 5.69 Å². The number of hydrogen-bond acceptors (Lipinski definition) is 1. The Morgan fingerprint density at radius 2 is 1.00 bits per heavy atom. The SMILES string of the molecule is Cc1cc(-c2ccccc2)c(-c2ccccc2N)c(-c2ccccc2)c1. The highest BCUT2D eigenvalue weighted by Crippen LogP contribution is 2.42. The summed E-state index contributed by atoms with van der Waals surface area (Å²) in [6, 6.07) is 33.7. The lowest BCUT2D eigenvalue weighted by atomic mass is 9.85. The largest absolute Gasteiger partial charge is 0.398 e. The third-order valence-electron chi connectivity index (χ3n) is 4.68. The number of anilines is 1. The van der Waals surface area contributed by atoms with Crippen LogP contribution in [0, 0.1) is 6.92 Å². The number of hydrogen-bond donors (Lipinski definition) is 1. The van der Waals surface area contributed by atoms with Crippen molar-refractivity contribution in [2.75, 3.05) is 5.73 Å². The maximum Gasteiger partial charge on any atom is 0.0394 e. The van der Waals surface area contributed by atoms with Crippen molar-refractivity contribution in [3.8, 4) is 33.4 Å². The standard InChI is InChI=1S/C25H21N/c1-18-16-22(19-10-4-2-5-11-19)25(21-14-8-9-15-24(21)26)23(17-18)20-12-6-3-7-13-20/h2-17H,26H2,1H3. The molecule has 0 saturated carbocycles. The van der Waals surface area contributed by atoms with Gasteiger partial charge in [0.05, 0.1) is 0 Å². The average Bonchev–Trinajstić information content (AvgIpc) is 2.69. The van der Waals surface area contributed by atoms with E-state index in [2.05, 4.69) is 79.7 Å². The van der Waals surface area contributed by atoms with E-state index in [1.54, 1.807) is 0 Å². The number of nitrogen functional groups attached to an aromatic ring is 1. The van der Waals surface area contributed by atoms with Crippen molar-refractivity contribution in [1.82, 2.24) is 0 Å². The quantitative estimate of drug-likeness (QED) is 0.421. The summed E-state index contributed by atoms with van der Waals surface area (Å²) in [4.78, 5) is 0. The number of nitrogens with two attached hydrogens (primary N) is 1. The highest BCUT2D eigenvalue weighted by atomic mass is 14.6. The van der Waals surface area contributed by atoms with Gasteiger partial charge in [-0.15, -0.1) is 0 Å². The van der Waals surface area contributed by atoms with E-state index in [0.29, 0.717) is 0 Å². The Morgan fingerprint density at radius 3 is 1.50 bits per heavy atom. The van der Waals surface area contributed by atoms with Gasteiger partial charge < -0.3 is 5.73 Å². The maximum atomic E-state index is 6.38. The molecule has 0 aliphatic carbocycles. The Hall–Kier alpha value is -3.32. The summed E-state index contributed by atoms with van der Waals surface area (Å²) in [7, 11) is 0. The number of rotatable bonds is 3. The van der Waals surface area contributed by atoms with Gasteiger partial charge in [0.15, 0.2) is 0 Å². The van der Waals surface area contributed by atoms with Crippen molar-refractivity contribution in [1.29, 1.82) is 0 Å². The monoisotopic (exact) mass is 335 g/mol. The van der Waals surface area contributed by atoms with Crippen LogP contribution in [0.3, 0.4) is 0 Å². The summed E-state index contributed by atoms with van der Waals surface area (Å²) in [5.41, 5.74) is 15.5. The van der Waals surface area contributed by atoms with Crippen LogP contribution in [0.15, 0.2) is 97.1 Å². The van der Waals surface area contributed by atoms with Gasteiger partial charge in [-0.05, 0) is 46.4 Å². The van der Waals surface area contributed by atoms with Gasteiger partial charge in [-0.2, -0.15) is 0 Å². The van der Waals surface area contributed by atoms with Gasteiger partial charge in [-0.3, -0.25) is 0 Å². The molecule has 0 spiro atoms. The molecule has 0 saturated heterocycles. The Balaban J connectivity index is 2.10. The second kappa shape index (κ2) is 6.89. The van der Waals surface area contributed by atoms with E-state index in [0.717, 1.165) is 11.3 Å². The van der Waals surface area contributed by atoms with Gasteiger partial charge in [0, 0.05) is 11.3 Å². The first kappa shape index (κ1) is 16.2. The molecule has 1 heteroatoms. The van der Waals surface area contributed by atoms with E-state index in [1.165, 1.54) is 33.4 Å². The molecule has 0 aliphatic heterocycles. The van der Waals surface area contributed by atoms with Crippen molar-refractivity contribution in [3.05, 3.63) is 103 Å². The molecule has 0 radical (unpaired) electrons. The normalized spacial score (nSPS) is 10.7. The van der Waals surface area contributed by atoms with E-state index >= 15 is 0 Å². The number of aryl methyl sites for hydroxylation is 1. The molecule has 0 unspecified atom stereocenters. The molecule has 4 rings (SSSR count). The first-order valence-electron chi connectivity index (χ1n) is 8.84. The fourth-order valence-corrected chi connectivity index (χ4v) is 3.49. The second-order valence-electron chi connectivity index (χ2n) is 6.55. The van der Waals surface area contributed by atoms with Crippen molar-refractivity contribution in [2.45, 2.75) is 6.92 Å². The molecule has 0 amide bonds. The zero-order chi connectivity index (χ0) is 17.9. The fraction of sp³-hybridized carbons (Fsp3) is 0.0400. The highest BCUT2D eigenvalue weighted by Gasteiger charge is 2.16. The van der Waals surface area contributed by atoms with Crippen molar-refractivity contribution in [3.63, 3.8) is 0 Å². The van der Waals surface area contributed by atoms with E-state index in [1.807, 2.05) is 24.3 Å². The lowest BCUT2D eigenvalue weighted by Gasteiger charge is -2.19. The molecule has 0 atom stereocenters. The minimum Gasteiger partial charge on any atom is -0.398 e. The Morgan fingerprint density at radius 1 is 0.538 bits per heavy atom. The molecule has 1 nitrogen and oxygen atoms in total. The molecular weight excluding hydrogens is 314 g/mol. The zero-order valence-corrected chi connectivity index (χ0v) is 14.8. The Bertz CT molecular complexity index is 973. The second-order valence-corrected chi connectivity index (χ2v) is 6.55. The maximum absolute atomic E-state index is 6.38. The molecule has 2 N–H and O–H groups in total. The summed E-state index contributed by atoms with van der Waals surface area (Å²) in [5, 5.41) is 0. The van der Waals surface area contributed by atoms with E-state index in [9.17, 15) is 0 Å². The topological polar surface area (TPSA) is 26.0 Å². The van der Waals surface area contributed by atoms with Gasteiger partial charge in [0.25, 0.3) is 0 Å². The summed E-state index contributed by atoms with van der Waals surface area (Å²) in [6.45, 7) is 2.15. The van der Waals surface area contributed by atoms with E-state index < -0.39 is 0 Å². The molecule has 0 heterocycles. The summed E-state index contributed by atoms with van der Waals surface area (Å²) in [6.07, 6.45) is 0. The zero-order valence-electron chi connectivity index (χ0n) is 14.8. The van der Waals surface area contributed by atoms with Crippen molar-refractivity contribution in [2.24, 2.45) is 0 Å². The summed E-state index contributed by atoms with van der Waals surface area (Å²) in [5.74, 6) is 0. The molecule has 26 heavy (non-hydrogen) atoms. The molecule has 0 bridgehead atoms. The van der Waals surface area contributed by atoms with Gasteiger partial charge >= 0.3 is 0 Å². The smallest absolute Gasteiger partial charge is 0.0394 e. The molecule has 0 aromatic heterocycles. The van der Waals surface area contributed by atoms with E-state index in [-0.39, 0.29) is 0 Å². The average molecular weight is 335 g/mol. The van der Waals surface area contributed by atoms with Crippen LogP contribution in [0.2, 0.25) is 0 Å². The molecular formula is C25H21N. The van der Waals surface area contributed by atoms with Crippen LogP contribution in [-0.4, -0.2) is 0 Å². The summed E-state index contributed by atoms with van der Waals surface area (Å²) < 4.78 is 0. The third kappa shape index (κ3) is 3.00. The van der Waals surface area contributed by atoms with Crippen LogP contribution in [0.5, 0.6) is 0 Å². The van der Waals surface area contributed by atoms with Gasteiger partial charge in [-0.1, -0.05) is 91.0 Å². The third-order valence-corrected chi connectivity index (χ3v) is 4.68. The van der Waals surface area contributed by atoms with Crippen LogP contribution < -0.4 is 5.73 Å². The van der Waals surface area contributed by atoms with Crippen LogP contribution >= 0.6 is 0 Å². The molecule has 4 aromatic carbocycles. The first-order chi connectivity index (χ1) is 12.7. The van der Waals surface area contributed by atoms with Gasteiger partial charge in [0.1, 0.15) is 0 Å². The van der Waals surface area contributed by atoms with Crippen LogP contribution in [0.25, 0.3) is 33.4 Å². The number of para-hydroxylation sites is 1. The minimum absolute atomic E-state index is 0.797. The van der Waals surface area contributed by atoms with Crippen molar-refractivity contribution < 1.29 is 0 Å². The summed E-state index contributed by atoms with van der Waals surface area (Å²) >= 11 is 0. The molecule has 0 fully saturated rings. The lowest BCUT2D eigenvalue weighted by molar-refractivity contribution is 1.45. The lowest BCUT2D eigenvalue weighted by Crippen LogP contribution is -1.96. The predicted molar refractivity (Wildman–Crippen MR) is 112 cm³/mol. The highest BCUT2D eigenvalue weighted by molar-refractivity contribution is 5.98. The molecule has 126 valence electrons. The predicted octanol–water partition coefficient (Wildman–Crippen LogP) is 6.58. The molecule has 4 aromatic rings. The fourth-order valence-electron chi connectivity index (χ4n) is 3.49. The minimum atomic E-state index is 0.797.